The number of nitrogens with one attached hydrogen (secondary N) is 3. The monoisotopic (exact) mass is 353 g/mol. The molecule has 2 unspecified atom stereocenters. The Labute approximate surface area is 133 Å². The zero-order valence-corrected chi connectivity index (χ0v) is 14.5. The van der Waals surface area contributed by atoms with Gasteiger partial charge in [-0.25, -0.2) is 4.79 Å². The highest BCUT2D eigenvalue weighted by Gasteiger charge is 2.18. The summed E-state index contributed by atoms with van der Waals surface area (Å²) in [7, 11) is 0. The van der Waals surface area contributed by atoms with E-state index in [0.29, 0.717) is 12.0 Å². The van der Waals surface area contributed by atoms with Crippen LogP contribution in [0.1, 0.15) is 51.6 Å². The molecule has 0 amide bonds. The lowest BCUT2D eigenvalue weighted by atomic mass is 9.94. The molecule has 0 aliphatic rings. The lowest BCUT2D eigenvalue weighted by Crippen LogP contribution is -2.24. The fourth-order valence-corrected chi connectivity index (χ4v) is 3.17. The summed E-state index contributed by atoms with van der Waals surface area (Å²) in [6.07, 6.45) is 3.37. The average molecular weight is 354 g/mol. The molecular weight excluding hydrogens is 330 g/mol. The second-order valence-corrected chi connectivity index (χ2v) is 6.61. The van der Waals surface area contributed by atoms with Crippen LogP contribution in [0.4, 0.5) is 0 Å². The maximum atomic E-state index is 11.4. The molecule has 116 valence electrons. The number of benzene rings is 1. The molecule has 0 saturated heterocycles. The van der Waals surface area contributed by atoms with Gasteiger partial charge < -0.3 is 15.3 Å². The molecule has 0 radical (unpaired) electrons. The third-order valence-electron chi connectivity index (χ3n) is 3.98. The van der Waals surface area contributed by atoms with Crippen LogP contribution in [-0.4, -0.2) is 16.5 Å². The van der Waals surface area contributed by atoms with Gasteiger partial charge in [0.15, 0.2) is 0 Å². The molecule has 0 saturated carbocycles. The quantitative estimate of drug-likeness (QED) is 0.701. The second-order valence-electron chi connectivity index (χ2n) is 5.75. The summed E-state index contributed by atoms with van der Waals surface area (Å²) in [5, 5.41) is 3.63. The molecule has 1 heterocycles. The van der Waals surface area contributed by atoms with Gasteiger partial charge in [-0.2, -0.15) is 0 Å². The van der Waals surface area contributed by atoms with Crippen molar-refractivity contribution in [2.75, 3.05) is 6.54 Å². The number of rotatable bonds is 7. The van der Waals surface area contributed by atoms with Gasteiger partial charge in [0.2, 0.25) is 0 Å². The minimum absolute atomic E-state index is 0.158. The number of halogens is 1. The summed E-state index contributed by atoms with van der Waals surface area (Å²) in [6, 6.07) is 4.37. The van der Waals surface area contributed by atoms with E-state index >= 15 is 0 Å². The predicted octanol–water partition coefficient (Wildman–Crippen LogP) is 4.10. The first-order valence-corrected chi connectivity index (χ1v) is 8.49. The maximum Gasteiger partial charge on any atom is 0.323 e. The molecule has 2 atom stereocenters. The molecule has 0 aliphatic carbocycles. The largest absolute Gasteiger partial charge is 0.323 e. The summed E-state index contributed by atoms with van der Waals surface area (Å²) >= 11 is 3.66. The SMILES string of the molecule is CCCNC(CC(C)CC)c1cc2[nH]c(=O)[nH]c2cc1Br. The Balaban J connectivity index is 2.36. The molecule has 4 nitrogen and oxygen atoms in total. The van der Waals surface area contributed by atoms with Crippen molar-refractivity contribution in [2.24, 2.45) is 5.92 Å². The lowest BCUT2D eigenvalue weighted by molar-refractivity contribution is 0.402. The van der Waals surface area contributed by atoms with E-state index in [1.165, 1.54) is 12.0 Å². The molecule has 0 aliphatic heterocycles. The predicted molar refractivity (Wildman–Crippen MR) is 91.7 cm³/mol. The van der Waals surface area contributed by atoms with Gasteiger partial charge in [-0.05, 0) is 43.0 Å². The van der Waals surface area contributed by atoms with Gasteiger partial charge in [-0.3, -0.25) is 0 Å². The highest BCUT2D eigenvalue weighted by molar-refractivity contribution is 9.10. The van der Waals surface area contributed by atoms with Gasteiger partial charge in [0.25, 0.3) is 0 Å². The van der Waals surface area contributed by atoms with Crippen LogP contribution in [0.5, 0.6) is 0 Å². The van der Waals surface area contributed by atoms with Gasteiger partial charge in [-0.1, -0.05) is 43.1 Å². The maximum absolute atomic E-state index is 11.4. The first-order valence-electron chi connectivity index (χ1n) is 7.70. The van der Waals surface area contributed by atoms with Crippen molar-refractivity contribution in [1.29, 1.82) is 0 Å². The molecule has 0 spiro atoms. The Hall–Kier alpha value is -1.07. The number of imidazole rings is 1. The van der Waals surface area contributed by atoms with Crippen LogP contribution in [0.15, 0.2) is 21.4 Å². The summed E-state index contributed by atoms with van der Waals surface area (Å²) in [5.41, 5.74) is 2.76. The van der Waals surface area contributed by atoms with Crippen LogP contribution in [-0.2, 0) is 0 Å². The van der Waals surface area contributed by atoms with Crippen molar-refractivity contribution < 1.29 is 0 Å². The van der Waals surface area contributed by atoms with Crippen molar-refractivity contribution in [3.05, 3.63) is 32.7 Å². The minimum Gasteiger partial charge on any atom is -0.310 e. The van der Waals surface area contributed by atoms with E-state index in [1.54, 1.807) is 0 Å². The van der Waals surface area contributed by atoms with Crippen molar-refractivity contribution in [1.82, 2.24) is 15.3 Å². The summed E-state index contributed by atoms with van der Waals surface area (Å²) in [4.78, 5) is 17.1. The molecule has 0 fully saturated rings. The van der Waals surface area contributed by atoms with Crippen LogP contribution < -0.4 is 11.0 Å². The first kappa shape index (κ1) is 16.3. The second kappa shape index (κ2) is 7.27. The zero-order chi connectivity index (χ0) is 15.4. The molecule has 2 aromatic rings. The van der Waals surface area contributed by atoms with Crippen LogP contribution >= 0.6 is 15.9 Å². The van der Waals surface area contributed by atoms with Crippen molar-refractivity contribution in [3.63, 3.8) is 0 Å². The zero-order valence-electron chi connectivity index (χ0n) is 12.9. The van der Waals surface area contributed by atoms with E-state index in [2.05, 4.69) is 58.1 Å². The summed E-state index contributed by atoms with van der Waals surface area (Å²) in [5.74, 6) is 0.659. The van der Waals surface area contributed by atoms with E-state index in [1.807, 2.05) is 6.07 Å². The number of aromatic amines is 2. The molecule has 3 N–H and O–H groups in total. The molecule has 0 bridgehead atoms. The van der Waals surface area contributed by atoms with Crippen molar-refractivity contribution >= 4 is 27.0 Å². The Kier molecular flexibility index (Phi) is 5.65. The molecule has 2 rings (SSSR count). The Morgan fingerprint density at radius 1 is 1.24 bits per heavy atom. The number of hydrogen-bond acceptors (Lipinski definition) is 2. The standard InChI is InChI=1S/C16H24BrN3O/c1-4-6-18-13(7-10(3)5-2)11-8-14-15(9-12(11)17)20-16(21)19-14/h8-10,13,18H,4-7H2,1-3H3,(H2,19,20,21). The van der Waals surface area contributed by atoms with Gasteiger partial charge in [-0.15, -0.1) is 0 Å². The molecule has 1 aromatic carbocycles. The Morgan fingerprint density at radius 2 is 1.90 bits per heavy atom. The molecule has 21 heavy (non-hydrogen) atoms. The lowest BCUT2D eigenvalue weighted by Gasteiger charge is -2.23. The van der Waals surface area contributed by atoms with Crippen LogP contribution in [0.2, 0.25) is 0 Å². The summed E-state index contributed by atoms with van der Waals surface area (Å²) in [6.45, 7) is 7.68. The van der Waals surface area contributed by atoms with Gasteiger partial charge in [0, 0.05) is 10.5 Å². The molecule has 1 aromatic heterocycles. The third-order valence-corrected chi connectivity index (χ3v) is 4.67. The van der Waals surface area contributed by atoms with E-state index in [-0.39, 0.29) is 5.69 Å². The van der Waals surface area contributed by atoms with Crippen molar-refractivity contribution in [3.8, 4) is 0 Å². The molecule has 5 heteroatoms. The van der Waals surface area contributed by atoms with E-state index in [0.717, 1.165) is 34.9 Å². The van der Waals surface area contributed by atoms with Crippen LogP contribution in [0, 0.1) is 5.92 Å². The Morgan fingerprint density at radius 3 is 2.52 bits per heavy atom. The fourth-order valence-electron chi connectivity index (χ4n) is 2.55. The first-order chi connectivity index (χ1) is 10.0. The van der Waals surface area contributed by atoms with E-state index in [9.17, 15) is 4.79 Å². The topological polar surface area (TPSA) is 60.7 Å². The normalized spacial score (nSPS) is 14.5. The molecular formula is C16H24BrN3O. The van der Waals surface area contributed by atoms with Gasteiger partial charge >= 0.3 is 5.69 Å². The minimum atomic E-state index is -0.158. The number of hydrogen-bond donors (Lipinski definition) is 3. The number of fused-ring (bicyclic) bond motifs is 1. The summed E-state index contributed by atoms with van der Waals surface area (Å²) < 4.78 is 1.04. The number of H-pyrrole nitrogens is 2. The highest BCUT2D eigenvalue weighted by Crippen LogP contribution is 2.31. The van der Waals surface area contributed by atoms with Crippen LogP contribution in [0.25, 0.3) is 11.0 Å². The average Bonchev–Trinajstić information content (AvgIpc) is 2.81. The van der Waals surface area contributed by atoms with E-state index < -0.39 is 0 Å². The Bertz CT molecular complexity index is 646. The van der Waals surface area contributed by atoms with Gasteiger partial charge in [0.1, 0.15) is 0 Å². The highest BCUT2D eigenvalue weighted by atomic mass is 79.9. The smallest absolute Gasteiger partial charge is 0.310 e. The fraction of sp³-hybridized carbons (Fsp3) is 0.562. The third kappa shape index (κ3) is 3.98. The van der Waals surface area contributed by atoms with Crippen LogP contribution in [0.3, 0.4) is 0 Å². The van der Waals surface area contributed by atoms with Crippen molar-refractivity contribution in [2.45, 2.75) is 46.1 Å². The number of aromatic nitrogens is 2. The van der Waals surface area contributed by atoms with Gasteiger partial charge in [0.05, 0.1) is 11.0 Å². The van der Waals surface area contributed by atoms with E-state index in [4.69, 9.17) is 0 Å².